The van der Waals surface area contributed by atoms with Gasteiger partial charge in [0.15, 0.2) is 0 Å². The molecule has 0 aliphatic rings. The highest BCUT2D eigenvalue weighted by molar-refractivity contribution is 8.07. The van der Waals surface area contributed by atoms with Crippen molar-refractivity contribution in [3.8, 4) is 0 Å². The quantitative estimate of drug-likeness (QED) is 0.520. The van der Waals surface area contributed by atoms with Gasteiger partial charge in [0.2, 0.25) is 0 Å². The van der Waals surface area contributed by atoms with Gasteiger partial charge in [-0.05, 0) is 52.8 Å². The SMILES string of the molecule is CCOP(O)(=S)OCCCN(C(C)C)C(C)C. The van der Waals surface area contributed by atoms with Gasteiger partial charge in [0.25, 0.3) is 0 Å². The average Bonchev–Trinajstić information content (AvgIpc) is 2.15. The molecule has 0 saturated heterocycles. The molecule has 0 aromatic heterocycles. The van der Waals surface area contributed by atoms with E-state index in [2.05, 4.69) is 32.6 Å². The largest absolute Gasteiger partial charge is 0.324 e. The summed E-state index contributed by atoms with van der Waals surface area (Å²) in [5, 5.41) is 0. The fraction of sp³-hybridized carbons (Fsp3) is 1.00. The van der Waals surface area contributed by atoms with Gasteiger partial charge in [0.05, 0.1) is 13.2 Å². The number of hydrogen-bond acceptors (Lipinski definition) is 4. The lowest BCUT2D eigenvalue weighted by molar-refractivity contribution is 0.149. The second-order valence-corrected chi connectivity index (χ2v) is 7.34. The Morgan fingerprint density at radius 3 is 2.12 bits per heavy atom. The van der Waals surface area contributed by atoms with Crippen molar-refractivity contribution in [3.05, 3.63) is 0 Å². The normalized spacial score (nSPS) is 15.8. The standard InChI is InChI=1S/C11H26NO3PS/c1-6-14-16(13,17)15-9-7-8-12(10(2)3)11(4)5/h10-11H,6-9H2,1-5H3,(H,13,17). The Labute approximate surface area is 111 Å². The Morgan fingerprint density at radius 1 is 1.18 bits per heavy atom. The van der Waals surface area contributed by atoms with E-state index in [9.17, 15) is 4.89 Å². The summed E-state index contributed by atoms with van der Waals surface area (Å²) in [5.74, 6) is 0. The Morgan fingerprint density at radius 2 is 1.71 bits per heavy atom. The summed E-state index contributed by atoms with van der Waals surface area (Å²) in [6.07, 6.45) is 0.850. The van der Waals surface area contributed by atoms with Gasteiger partial charge in [-0.25, -0.2) is 0 Å². The van der Waals surface area contributed by atoms with E-state index in [1.807, 2.05) is 0 Å². The molecule has 0 spiro atoms. The van der Waals surface area contributed by atoms with Crippen molar-refractivity contribution >= 4 is 18.5 Å². The molecule has 1 unspecified atom stereocenters. The second-order valence-electron chi connectivity index (χ2n) is 4.50. The average molecular weight is 283 g/mol. The minimum Gasteiger partial charge on any atom is -0.324 e. The molecule has 0 heterocycles. The van der Waals surface area contributed by atoms with Crippen LogP contribution in [0.5, 0.6) is 0 Å². The Balaban J connectivity index is 3.87. The van der Waals surface area contributed by atoms with E-state index >= 15 is 0 Å². The van der Waals surface area contributed by atoms with Crippen molar-refractivity contribution in [3.63, 3.8) is 0 Å². The lowest BCUT2D eigenvalue weighted by Crippen LogP contribution is -2.38. The van der Waals surface area contributed by atoms with Gasteiger partial charge in [0, 0.05) is 18.6 Å². The first-order valence-corrected chi connectivity index (χ1v) is 8.77. The Bertz CT molecular complexity index is 241. The van der Waals surface area contributed by atoms with Gasteiger partial charge < -0.3 is 13.9 Å². The highest BCUT2D eigenvalue weighted by atomic mass is 32.5. The molecule has 0 aliphatic heterocycles. The summed E-state index contributed by atoms with van der Waals surface area (Å²) in [6.45, 7) is 9.29. The third-order valence-electron chi connectivity index (χ3n) is 2.43. The Kier molecular flexibility index (Phi) is 8.81. The van der Waals surface area contributed by atoms with Crippen LogP contribution in [-0.2, 0) is 20.9 Å². The minimum absolute atomic E-state index is 0.387. The topological polar surface area (TPSA) is 41.9 Å². The highest BCUT2D eigenvalue weighted by Crippen LogP contribution is 2.43. The monoisotopic (exact) mass is 283 g/mol. The zero-order valence-corrected chi connectivity index (χ0v) is 13.3. The summed E-state index contributed by atoms with van der Waals surface area (Å²) in [5.41, 5.74) is 0. The lowest BCUT2D eigenvalue weighted by Gasteiger charge is -2.30. The summed E-state index contributed by atoms with van der Waals surface area (Å²) < 4.78 is 10.2. The molecule has 0 aromatic rings. The van der Waals surface area contributed by atoms with Crippen molar-refractivity contribution in [2.24, 2.45) is 0 Å². The molecule has 1 atom stereocenters. The number of nitrogens with zero attached hydrogens (tertiary/aromatic N) is 1. The van der Waals surface area contributed by atoms with Crippen LogP contribution in [0.3, 0.4) is 0 Å². The summed E-state index contributed by atoms with van der Waals surface area (Å²) in [7, 11) is 0. The molecule has 6 heteroatoms. The molecule has 0 radical (unpaired) electrons. The van der Waals surface area contributed by atoms with E-state index < -0.39 is 6.72 Å². The van der Waals surface area contributed by atoms with E-state index in [4.69, 9.17) is 20.9 Å². The molecule has 0 rings (SSSR count). The van der Waals surface area contributed by atoms with Crippen LogP contribution in [0.15, 0.2) is 0 Å². The fourth-order valence-electron chi connectivity index (χ4n) is 1.74. The molecule has 1 N–H and O–H groups in total. The predicted octanol–water partition coefficient (Wildman–Crippen LogP) is 2.77. The molecule has 0 saturated carbocycles. The molecule has 0 aromatic carbocycles. The molecule has 104 valence electrons. The molecule has 0 fully saturated rings. The van der Waals surface area contributed by atoms with Gasteiger partial charge in [-0.15, -0.1) is 0 Å². The number of hydrogen-bond donors (Lipinski definition) is 1. The molecule has 0 amide bonds. The van der Waals surface area contributed by atoms with Crippen molar-refractivity contribution in [2.45, 2.75) is 53.1 Å². The maximum absolute atomic E-state index is 9.57. The van der Waals surface area contributed by atoms with E-state index in [0.717, 1.165) is 13.0 Å². The maximum Gasteiger partial charge on any atom is 0.324 e. The van der Waals surface area contributed by atoms with Crippen LogP contribution in [0.25, 0.3) is 0 Å². The molecule has 17 heavy (non-hydrogen) atoms. The summed E-state index contributed by atoms with van der Waals surface area (Å²) >= 11 is 4.83. The van der Waals surface area contributed by atoms with Gasteiger partial charge >= 0.3 is 6.72 Å². The van der Waals surface area contributed by atoms with Crippen molar-refractivity contribution < 1.29 is 13.9 Å². The third-order valence-corrected chi connectivity index (χ3v) is 4.16. The first kappa shape index (κ1) is 17.5. The van der Waals surface area contributed by atoms with Crippen LogP contribution in [0.1, 0.15) is 41.0 Å². The number of rotatable bonds is 9. The summed E-state index contributed by atoms with van der Waals surface area (Å²) in [4.78, 5) is 11.9. The van der Waals surface area contributed by atoms with Crippen LogP contribution in [0.4, 0.5) is 0 Å². The Hall–Kier alpha value is 0.490. The van der Waals surface area contributed by atoms with E-state index in [1.54, 1.807) is 6.92 Å². The zero-order valence-electron chi connectivity index (χ0n) is 11.5. The zero-order chi connectivity index (χ0) is 13.5. The maximum atomic E-state index is 9.57. The first-order chi connectivity index (χ1) is 7.80. The molecular formula is C11H26NO3PS. The van der Waals surface area contributed by atoms with Gasteiger partial charge in [0.1, 0.15) is 0 Å². The summed E-state index contributed by atoms with van der Waals surface area (Å²) in [6, 6.07) is 1.03. The molecular weight excluding hydrogens is 257 g/mol. The van der Waals surface area contributed by atoms with Crippen molar-refractivity contribution in [2.75, 3.05) is 19.8 Å². The third kappa shape index (κ3) is 8.25. The highest BCUT2D eigenvalue weighted by Gasteiger charge is 2.15. The van der Waals surface area contributed by atoms with Gasteiger partial charge in [-0.1, -0.05) is 0 Å². The van der Waals surface area contributed by atoms with E-state index in [0.29, 0.717) is 25.3 Å². The van der Waals surface area contributed by atoms with Crippen molar-refractivity contribution in [1.82, 2.24) is 4.90 Å². The van der Waals surface area contributed by atoms with Gasteiger partial charge in [-0.2, -0.15) is 0 Å². The minimum atomic E-state index is -2.99. The first-order valence-electron chi connectivity index (χ1n) is 6.17. The molecule has 0 aliphatic carbocycles. The smallest absolute Gasteiger partial charge is 0.324 e. The molecule has 4 nitrogen and oxygen atoms in total. The van der Waals surface area contributed by atoms with Crippen LogP contribution in [0, 0.1) is 0 Å². The van der Waals surface area contributed by atoms with Crippen LogP contribution >= 0.6 is 6.72 Å². The predicted molar refractivity (Wildman–Crippen MR) is 75.7 cm³/mol. The van der Waals surface area contributed by atoms with E-state index in [1.165, 1.54) is 0 Å². The van der Waals surface area contributed by atoms with E-state index in [-0.39, 0.29) is 0 Å². The van der Waals surface area contributed by atoms with Gasteiger partial charge in [-0.3, -0.25) is 4.90 Å². The molecule has 0 bridgehead atoms. The lowest BCUT2D eigenvalue weighted by atomic mass is 10.2. The fourth-order valence-corrected chi connectivity index (χ4v) is 3.04. The van der Waals surface area contributed by atoms with Crippen molar-refractivity contribution in [1.29, 1.82) is 0 Å². The second kappa shape index (κ2) is 8.57. The van der Waals surface area contributed by atoms with Crippen LogP contribution in [-0.4, -0.2) is 41.6 Å². The van der Waals surface area contributed by atoms with Crippen LogP contribution in [0.2, 0.25) is 0 Å². The van der Waals surface area contributed by atoms with Crippen LogP contribution < -0.4 is 0 Å².